The number of hydrogen-bond acceptors (Lipinski definition) is 6. The van der Waals surface area contributed by atoms with Crippen molar-refractivity contribution < 1.29 is 9.53 Å². The number of nitrogens with one attached hydrogen (secondary N) is 2. The van der Waals surface area contributed by atoms with Gasteiger partial charge in [-0.05, 0) is 25.8 Å². The second kappa shape index (κ2) is 7.02. The number of amides is 1. The lowest BCUT2D eigenvalue weighted by Crippen LogP contribution is -2.30. The number of likely N-dealkylation sites (tertiary alicyclic amines) is 1. The van der Waals surface area contributed by atoms with Crippen LogP contribution in [0.2, 0.25) is 5.02 Å². The maximum atomic E-state index is 12.1. The summed E-state index contributed by atoms with van der Waals surface area (Å²) in [7, 11) is 0. The number of anilines is 2. The van der Waals surface area contributed by atoms with E-state index in [1.165, 1.54) is 6.08 Å². The van der Waals surface area contributed by atoms with E-state index < -0.39 is 0 Å². The molecule has 9 nitrogen and oxygen atoms in total. The van der Waals surface area contributed by atoms with Crippen molar-refractivity contribution in [3.63, 3.8) is 0 Å². The van der Waals surface area contributed by atoms with Crippen LogP contribution in [0, 0.1) is 5.41 Å². The first-order chi connectivity index (χ1) is 14.5. The van der Waals surface area contributed by atoms with Crippen LogP contribution in [0.3, 0.4) is 0 Å². The highest BCUT2D eigenvalue weighted by atomic mass is 35.5. The van der Waals surface area contributed by atoms with E-state index in [4.69, 9.17) is 16.3 Å². The molecule has 1 saturated heterocycles. The van der Waals surface area contributed by atoms with E-state index in [0.717, 1.165) is 25.1 Å². The largest absolute Gasteiger partial charge is 0.471 e. The topological polar surface area (TPSA) is 101 Å². The average molecular weight is 428 g/mol. The number of aromatic nitrogens is 5. The van der Waals surface area contributed by atoms with Crippen molar-refractivity contribution in [3.8, 4) is 5.88 Å². The van der Waals surface area contributed by atoms with Gasteiger partial charge >= 0.3 is 0 Å². The number of halogens is 1. The molecule has 1 aliphatic heterocycles. The van der Waals surface area contributed by atoms with Crippen molar-refractivity contribution >= 4 is 40.2 Å². The Kier molecular flexibility index (Phi) is 4.43. The maximum Gasteiger partial charge on any atom is 0.246 e. The minimum absolute atomic E-state index is 0.0193. The third kappa shape index (κ3) is 3.19. The molecule has 0 aromatic carbocycles. The van der Waals surface area contributed by atoms with Crippen molar-refractivity contribution in [2.45, 2.75) is 32.4 Å². The number of aromatic amines is 1. The summed E-state index contributed by atoms with van der Waals surface area (Å²) in [5.41, 5.74) is 1.34. The number of carbonyl (C=O) groups is 1. The molecule has 1 amide bonds. The highest BCUT2D eigenvalue weighted by molar-refractivity contribution is 6.35. The maximum absolute atomic E-state index is 12.1. The van der Waals surface area contributed by atoms with Crippen LogP contribution in [0.25, 0.3) is 11.0 Å². The van der Waals surface area contributed by atoms with E-state index in [0.29, 0.717) is 41.0 Å². The zero-order valence-electron chi connectivity index (χ0n) is 16.6. The van der Waals surface area contributed by atoms with Gasteiger partial charge in [0, 0.05) is 30.9 Å². The molecule has 1 aliphatic carbocycles. The van der Waals surface area contributed by atoms with Crippen LogP contribution in [0.1, 0.15) is 19.8 Å². The predicted molar refractivity (Wildman–Crippen MR) is 113 cm³/mol. The van der Waals surface area contributed by atoms with Crippen LogP contribution in [0.4, 0.5) is 11.6 Å². The number of aryl methyl sites for hydroxylation is 1. The first-order valence-electron chi connectivity index (χ1n) is 9.93. The van der Waals surface area contributed by atoms with E-state index in [1.807, 2.05) is 17.8 Å². The van der Waals surface area contributed by atoms with Gasteiger partial charge in [0.1, 0.15) is 11.8 Å². The third-order valence-corrected chi connectivity index (χ3v) is 6.17. The molecule has 3 aromatic rings. The highest BCUT2D eigenvalue weighted by Gasteiger charge is 2.57. The standard InChI is InChI=1S/C20H22ClN7O2/c1-3-15(29)27-10-14(20(11-27)5-6-20)30-18-16-13(21)8-22-17(16)25-19(26-18)24-12-7-23-28(4-2)9-12/h3,7-9,14H,1,4-6,10-11H2,2H3,(H2,22,24,25,26). The SMILES string of the molecule is C=CC(=O)N1CC(Oc2nc(Nc3cnn(CC)c3)nc3[nH]cc(Cl)c23)C2(CC2)C1. The fourth-order valence-corrected chi connectivity index (χ4v) is 4.23. The Bertz CT molecular complexity index is 1130. The molecule has 0 radical (unpaired) electrons. The van der Waals surface area contributed by atoms with Gasteiger partial charge in [-0.2, -0.15) is 15.1 Å². The Balaban J connectivity index is 1.46. The molecule has 10 heteroatoms. The summed E-state index contributed by atoms with van der Waals surface area (Å²) in [6.07, 6.45) is 8.51. The lowest BCUT2D eigenvalue weighted by atomic mass is 10.0. The lowest BCUT2D eigenvalue weighted by Gasteiger charge is -2.19. The van der Waals surface area contributed by atoms with Gasteiger partial charge in [-0.25, -0.2) is 0 Å². The van der Waals surface area contributed by atoms with E-state index >= 15 is 0 Å². The van der Waals surface area contributed by atoms with Crippen LogP contribution in [0.15, 0.2) is 31.2 Å². The molecule has 30 heavy (non-hydrogen) atoms. The second-order valence-corrected chi connectivity index (χ2v) is 8.22. The summed E-state index contributed by atoms with van der Waals surface area (Å²) in [4.78, 5) is 26.1. The van der Waals surface area contributed by atoms with Crippen LogP contribution in [0.5, 0.6) is 5.88 Å². The Morgan fingerprint density at radius 3 is 3.03 bits per heavy atom. The van der Waals surface area contributed by atoms with Crippen molar-refractivity contribution in [2.24, 2.45) is 5.41 Å². The molecule has 2 N–H and O–H groups in total. The van der Waals surface area contributed by atoms with Gasteiger partial charge < -0.3 is 19.9 Å². The Morgan fingerprint density at radius 2 is 2.33 bits per heavy atom. The zero-order chi connectivity index (χ0) is 20.9. The molecule has 1 spiro atoms. The van der Waals surface area contributed by atoms with Crippen LogP contribution in [-0.4, -0.2) is 54.7 Å². The van der Waals surface area contributed by atoms with Gasteiger partial charge in [0.2, 0.25) is 17.7 Å². The summed E-state index contributed by atoms with van der Waals surface area (Å²) in [5.74, 6) is 0.713. The normalized spacial score (nSPS) is 19.4. The molecule has 0 bridgehead atoms. The average Bonchev–Trinajstić information content (AvgIpc) is 3.05. The molecular formula is C20H22ClN7O2. The van der Waals surface area contributed by atoms with E-state index in [1.54, 1.807) is 17.3 Å². The molecule has 5 rings (SSSR count). The molecule has 2 aliphatic rings. The Labute approximate surface area is 178 Å². The molecule has 4 heterocycles. The number of carbonyl (C=O) groups excluding carboxylic acids is 1. The van der Waals surface area contributed by atoms with Gasteiger partial charge in [-0.15, -0.1) is 0 Å². The summed E-state index contributed by atoms with van der Waals surface area (Å²) in [5, 5.41) is 8.56. The molecule has 1 unspecified atom stereocenters. The van der Waals surface area contributed by atoms with E-state index in [-0.39, 0.29) is 17.4 Å². The quantitative estimate of drug-likeness (QED) is 0.586. The zero-order valence-corrected chi connectivity index (χ0v) is 17.3. The first kappa shape index (κ1) is 18.9. The van der Waals surface area contributed by atoms with Gasteiger partial charge in [-0.1, -0.05) is 18.2 Å². The molecule has 3 aromatic heterocycles. The third-order valence-electron chi connectivity index (χ3n) is 5.87. The highest BCUT2D eigenvalue weighted by Crippen LogP contribution is 2.54. The second-order valence-electron chi connectivity index (χ2n) is 7.81. The fourth-order valence-electron chi connectivity index (χ4n) is 4.01. The van der Waals surface area contributed by atoms with Gasteiger partial charge in [-0.3, -0.25) is 9.48 Å². The number of fused-ring (bicyclic) bond motifs is 1. The number of rotatable bonds is 6. The molecular weight excluding hydrogens is 406 g/mol. The van der Waals surface area contributed by atoms with E-state index in [2.05, 4.69) is 31.9 Å². The van der Waals surface area contributed by atoms with Crippen molar-refractivity contribution in [2.75, 3.05) is 18.4 Å². The lowest BCUT2D eigenvalue weighted by molar-refractivity contribution is -0.125. The Hall–Kier alpha value is -3.07. The van der Waals surface area contributed by atoms with Crippen molar-refractivity contribution in [3.05, 3.63) is 36.3 Å². The smallest absolute Gasteiger partial charge is 0.246 e. The van der Waals surface area contributed by atoms with Crippen molar-refractivity contribution in [1.29, 1.82) is 0 Å². The van der Waals surface area contributed by atoms with Gasteiger partial charge in [0.25, 0.3) is 0 Å². The minimum Gasteiger partial charge on any atom is -0.471 e. The summed E-state index contributed by atoms with van der Waals surface area (Å²) >= 11 is 6.38. The monoisotopic (exact) mass is 427 g/mol. The molecule has 156 valence electrons. The van der Waals surface area contributed by atoms with E-state index in [9.17, 15) is 4.79 Å². The fraction of sp³-hybridized carbons (Fsp3) is 0.400. The Morgan fingerprint density at radius 1 is 1.50 bits per heavy atom. The van der Waals surface area contributed by atoms with Crippen LogP contribution in [-0.2, 0) is 11.3 Å². The molecule has 1 saturated carbocycles. The van der Waals surface area contributed by atoms with Gasteiger partial charge in [0.15, 0.2) is 0 Å². The number of nitrogens with zero attached hydrogens (tertiary/aromatic N) is 5. The number of H-pyrrole nitrogens is 1. The first-order valence-corrected chi connectivity index (χ1v) is 10.3. The summed E-state index contributed by atoms with van der Waals surface area (Å²) in [6, 6.07) is 0. The summed E-state index contributed by atoms with van der Waals surface area (Å²) < 4.78 is 8.20. The summed E-state index contributed by atoms with van der Waals surface area (Å²) in [6.45, 7) is 7.57. The van der Waals surface area contributed by atoms with Crippen LogP contribution < -0.4 is 10.1 Å². The van der Waals surface area contributed by atoms with Gasteiger partial charge in [0.05, 0.1) is 28.8 Å². The number of hydrogen-bond donors (Lipinski definition) is 2. The molecule has 2 fully saturated rings. The minimum atomic E-state index is -0.152. The predicted octanol–water partition coefficient (Wildman–Crippen LogP) is 3.13. The molecule has 1 atom stereocenters. The number of ether oxygens (including phenoxy) is 1. The van der Waals surface area contributed by atoms with Crippen LogP contribution >= 0.6 is 11.6 Å². The van der Waals surface area contributed by atoms with Crippen molar-refractivity contribution in [1.82, 2.24) is 29.6 Å².